The third kappa shape index (κ3) is 1.80. The van der Waals surface area contributed by atoms with Crippen molar-refractivity contribution >= 4 is 5.78 Å². The number of ketones is 1. The van der Waals surface area contributed by atoms with E-state index in [9.17, 15) is 9.18 Å². The molecular formula is C19H28FNO. The van der Waals surface area contributed by atoms with Gasteiger partial charge in [0.05, 0.1) is 6.67 Å². The molecule has 4 aliphatic rings. The van der Waals surface area contributed by atoms with Gasteiger partial charge in [-0.1, -0.05) is 13.3 Å². The summed E-state index contributed by atoms with van der Waals surface area (Å²) >= 11 is 0. The third-order valence-corrected chi connectivity index (χ3v) is 7.72. The number of halogens is 1. The monoisotopic (exact) mass is 305 g/mol. The lowest BCUT2D eigenvalue weighted by atomic mass is 9.50. The van der Waals surface area contributed by atoms with E-state index in [4.69, 9.17) is 0 Å². The summed E-state index contributed by atoms with van der Waals surface area (Å²) in [5, 5.41) is 0. The minimum Gasteiger partial charge on any atom is -0.377 e. The van der Waals surface area contributed by atoms with Crippen LogP contribution in [0.4, 0.5) is 4.39 Å². The molecule has 0 bridgehead atoms. The number of rotatable bonds is 1. The second-order valence-electron chi connectivity index (χ2n) is 8.60. The molecule has 2 nitrogen and oxygen atoms in total. The van der Waals surface area contributed by atoms with E-state index in [1.54, 1.807) is 0 Å². The molecule has 3 fully saturated rings. The van der Waals surface area contributed by atoms with Gasteiger partial charge in [0, 0.05) is 42.6 Å². The molecule has 3 heteroatoms. The normalized spacial score (nSPS) is 47.6. The molecule has 0 aromatic carbocycles. The minimum absolute atomic E-state index is 0.00985. The molecule has 22 heavy (non-hydrogen) atoms. The maximum atomic E-state index is 13.9. The van der Waals surface area contributed by atoms with Gasteiger partial charge in [-0.25, -0.2) is 0 Å². The first-order valence-corrected chi connectivity index (χ1v) is 9.02. The smallest absolute Gasteiger partial charge is 0.157 e. The molecule has 1 aliphatic heterocycles. The van der Waals surface area contributed by atoms with Gasteiger partial charge in [0.15, 0.2) is 5.78 Å². The van der Waals surface area contributed by atoms with Crippen molar-refractivity contribution in [3.8, 4) is 0 Å². The molecule has 0 spiro atoms. The standard InChI is InChI=1S/C19H28FNO/c1-18-8-5-13(22)10-17(18)21(2)11-14-15(18)6-9-19(12-20)7-3-4-16(14)19/h10,14-16H,3-9,11-12H2,1-2H3/t14-,15+,16+,18-,19+/m1/s1. The molecule has 0 N–H and O–H groups in total. The molecule has 0 aromatic heterocycles. The van der Waals surface area contributed by atoms with Crippen LogP contribution in [0, 0.1) is 28.6 Å². The third-order valence-electron chi connectivity index (χ3n) is 7.72. The van der Waals surface area contributed by atoms with Crippen molar-refractivity contribution in [2.24, 2.45) is 28.6 Å². The van der Waals surface area contributed by atoms with E-state index in [-0.39, 0.29) is 23.3 Å². The van der Waals surface area contributed by atoms with Gasteiger partial charge in [-0.05, 0) is 49.9 Å². The summed E-state index contributed by atoms with van der Waals surface area (Å²) in [6, 6.07) is 0. The predicted molar refractivity (Wildman–Crippen MR) is 85.0 cm³/mol. The first-order chi connectivity index (χ1) is 10.5. The molecule has 0 unspecified atom stereocenters. The number of fused-ring (bicyclic) bond motifs is 5. The number of alkyl halides is 1. The van der Waals surface area contributed by atoms with E-state index >= 15 is 0 Å². The molecule has 4 rings (SSSR count). The zero-order chi connectivity index (χ0) is 15.5. The number of carbonyl (C=O) groups is 1. The highest BCUT2D eigenvalue weighted by atomic mass is 19.1. The van der Waals surface area contributed by atoms with E-state index in [0.717, 1.165) is 32.2 Å². The van der Waals surface area contributed by atoms with Crippen molar-refractivity contribution in [2.45, 2.75) is 51.9 Å². The van der Waals surface area contributed by atoms with Gasteiger partial charge >= 0.3 is 0 Å². The van der Waals surface area contributed by atoms with Gasteiger partial charge in [-0.2, -0.15) is 0 Å². The highest BCUT2D eigenvalue weighted by Gasteiger charge is 2.58. The fourth-order valence-corrected chi connectivity index (χ4v) is 6.60. The van der Waals surface area contributed by atoms with Crippen LogP contribution in [0.1, 0.15) is 51.9 Å². The lowest BCUT2D eigenvalue weighted by Gasteiger charge is -2.59. The average molecular weight is 305 g/mol. The topological polar surface area (TPSA) is 20.3 Å². The van der Waals surface area contributed by atoms with Crippen LogP contribution in [0.5, 0.6) is 0 Å². The summed E-state index contributed by atoms with van der Waals surface area (Å²) in [6.07, 6.45) is 9.32. The van der Waals surface area contributed by atoms with E-state index in [2.05, 4.69) is 18.9 Å². The van der Waals surface area contributed by atoms with Crippen LogP contribution in [0.25, 0.3) is 0 Å². The first-order valence-electron chi connectivity index (χ1n) is 9.02. The van der Waals surface area contributed by atoms with Crippen LogP contribution in [0.3, 0.4) is 0 Å². The van der Waals surface area contributed by atoms with Gasteiger partial charge in [-0.3, -0.25) is 9.18 Å². The molecular weight excluding hydrogens is 277 g/mol. The van der Waals surface area contributed by atoms with Gasteiger partial charge in [0.25, 0.3) is 0 Å². The molecule has 122 valence electrons. The molecule has 1 saturated heterocycles. The number of piperidine rings is 1. The van der Waals surface area contributed by atoms with Crippen LogP contribution in [-0.2, 0) is 4.79 Å². The number of likely N-dealkylation sites (tertiary alicyclic amines) is 1. The van der Waals surface area contributed by atoms with Gasteiger partial charge in [-0.15, -0.1) is 0 Å². The van der Waals surface area contributed by atoms with E-state index in [1.807, 2.05) is 6.08 Å². The second-order valence-corrected chi connectivity index (χ2v) is 8.60. The highest BCUT2D eigenvalue weighted by molar-refractivity contribution is 5.91. The predicted octanol–water partition coefficient (Wildman–Crippen LogP) is 3.97. The molecule has 0 aromatic rings. The highest BCUT2D eigenvalue weighted by Crippen LogP contribution is 2.63. The van der Waals surface area contributed by atoms with Gasteiger partial charge in [0.1, 0.15) is 0 Å². The van der Waals surface area contributed by atoms with Crippen LogP contribution >= 0.6 is 0 Å². The summed E-state index contributed by atoms with van der Waals surface area (Å²) in [5.74, 6) is 2.11. The lowest BCUT2D eigenvalue weighted by Crippen LogP contribution is -2.57. The Hall–Kier alpha value is -0.860. The summed E-state index contributed by atoms with van der Waals surface area (Å²) in [4.78, 5) is 14.2. The summed E-state index contributed by atoms with van der Waals surface area (Å²) < 4.78 is 13.9. The molecule has 3 aliphatic carbocycles. The second kappa shape index (κ2) is 4.82. The fraction of sp³-hybridized carbons (Fsp3) is 0.842. The quantitative estimate of drug-likeness (QED) is 0.730. The molecule has 2 saturated carbocycles. The van der Waals surface area contributed by atoms with Crippen LogP contribution in [-0.4, -0.2) is 31.0 Å². The van der Waals surface area contributed by atoms with Crippen molar-refractivity contribution in [2.75, 3.05) is 20.3 Å². The van der Waals surface area contributed by atoms with Crippen molar-refractivity contribution < 1.29 is 9.18 Å². The Balaban J connectivity index is 1.72. The lowest BCUT2D eigenvalue weighted by molar-refractivity contribution is -0.119. The Labute approximate surface area is 133 Å². The Morgan fingerprint density at radius 1 is 1.27 bits per heavy atom. The number of hydrogen-bond donors (Lipinski definition) is 0. The molecule has 5 atom stereocenters. The van der Waals surface area contributed by atoms with E-state index in [1.165, 1.54) is 18.5 Å². The number of allylic oxidation sites excluding steroid dienone is 2. The van der Waals surface area contributed by atoms with Gasteiger partial charge < -0.3 is 4.90 Å². The van der Waals surface area contributed by atoms with Crippen molar-refractivity contribution in [3.63, 3.8) is 0 Å². The van der Waals surface area contributed by atoms with Gasteiger partial charge in [0.2, 0.25) is 0 Å². The number of hydrogen-bond acceptors (Lipinski definition) is 2. The maximum Gasteiger partial charge on any atom is 0.157 e. The zero-order valence-electron chi connectivity index (χ0n) is 13.9. The fourth-order valence-electron chi connectivity index (χ4n) is 6.60. The number of nitrogens with zero attached hydrogens (tertiary/aromatic N) is 1. The number of carbonyl (C=O) groups excluding carboxylic acids is 1. The SMILES string of the molecule is CN1C[C@H]2[C@@H]3CCC[C@@]3(CF)CC[C@@H]2[C@@]2(C)CCC(=O)C=C12. The van der Waals surface area contributed by atoms with E-state index < -0.39 is 0 Å². The molecule has 0 radical (unpaired) electrons. The van der Waals surface area contributed by atoms with E-state index in [0.29, 0.717) is 24.2 Å². The van der Waals surface area contributed by atoms with Crippen LogP contribution < -0.4 is 0 Å². The summed E-state index contributed by atoms with van der Waals surface area (Å²) in [7, 11) is 2.14. The summed E-state index contributed by atoms with van der Waals surface area (Å²) in [6.45, 7) is 3.27. The van der Waals surface area contributed by atoms with Crippen LogP contribution in [0.15, 0.2) is 11.8 Å². The largest absolute Gasteiger partial charge is 0.377 e. The Morgan fingerprint density at radius 3 is 2.86 bits per heavy atom. The average Bonchev–Trinajstić information content (AvgIpc) is 2.94. The zero-order valence-corrected chi connectivity index (χ0v) is 13.9. The Bertz CT molecular complexity index is 530. The molecule has 1 heterocycles. The van der Waals surface area contributed by atoms with Crippen molar-refractivity contribution in [1.82, 2.24) is 4.90 Å². The minimum atomic E-state index is -0.123. The Kier molecular flexibility index (Phi) is 3.22. The van der Waals surface area contributed by atoms with Crippen molar-refractivity contribution in [3.05, 3.63) is 11.8 Å². The van der Waals surface area contributed by atoms with Crippen molar-refractivity contribution in [1.29, 1.82) is 0 Å². The maximum absolute atomic E-state index is 13.9. The molecule has 0 amide bonds. The Morgan fingerprint density at radius 2 is 2.09 bits per heavy atom. The van der Waals surface area contributed by atoms with Crippen LogP contribution in [0.2, 0.25) is 0 Å². The summed E-state index contributed by atoms with van der Waals surface area (Å²) in [5.41, 5.74) is 1.39. The first kappa shape index (κ1) is 14.7.